The van der Waals surface area contributed by atoms with Gasteiger partial charge in [-0.25, -0.2) is 0 Å². The minimum Gasteiger partial charge on any atom is -0.490 e. The molecule has 2 fully saturated rings. The fourth-order valence-electron chi connectivity index (χ4n) is 4.03. The molecular weight excluding hydrogens is 590 g/mol. The van der Waals surface area contributed by atoms with Crippen molar-refractivity contribution in [2.75, 3.05) is 26.3 Å². The second-order valence-corrected chi connectivity index (χ2v) is 11.3. The highest BCUT2D eigenvalue weighted by Crippen LogP contribution is 2.39. The van der Waals surface area contributed by atoms with Crippen LogP contribution in [0.5, 0.6) is 11.5 Å². The number of likely N-dealkylation sites (tertiary alicyclic amines) is 1. The molecule has 0 aliphatic carbocycles. The molecule has 0 radical (unpaired) electrons. The van der Waals surface area contributed by atoms with Gasteiger partial charge >= 0.3 is 0 Å². The number of nitrogens with zero attached hydrogens (tertiary/aromatic N) is 2. The molecule has 0 unspecified atom stereocenters. The van der Waals surface area contributed by atoms with E-state index in [4.69, 9.17) is 21.7 Å². The number of hydrogen-bond acceptors (Lipinski definition) is 7. The summed E-state index contributed by atoms with van der Waals surface area (Å²) in [6, 6.07) is 10.5. The minimum absolute atomic E-state index is 0.0560. The molecule has 0 saturated carbocycles. The third-order valence-corrected chi connectivity index (χ3v) is 7.89. The SMILES string of the molecule is CCOc1cc(/C=C2/SC(=S)N(NC(=O)c3ccc(C)cc3)C2=O)cc(Br)c1OCC(=O)N1CCCCC1. The molecule has 0 atom stereocenters. The fraction of sp³-hybridized carbons (Fsp3) is 0.333. The molecule has 0 aromatic heterocycles. The van der Waals surface area contributed by atoms with Gasteiger partial charge in [-0.15, -0.1) is 0 Å². The van der Waals surface area contributed by atoms with Gasteiger partial charge in [-0.05, 0) is 97.2 Å². The number of hydrazine groups is 1. The van der Waals surface area contributed by atoms with Crippen molar-refractivity contribution in [2.24, 2.45) is 0 Å². The largest absolute Gasteiger partial charge is 0.490 e. The Morgan fingerprint density at radius 2 is 1.84 bits per heavy atom. The van der Waals surface area contributed by atoms with E-state index in [1.54, 1.807) is 30.3 Å². The molecule has 1 N–H and O–H groups in total. The van der Waals surface area contributed by atoms with Gasteiger partial charge in [0.2, 0.25) is 0 Å². The number of thioether (sulfide) groups is 1. The average molecular weight is 619 g/mol. The fourth-order valence-corrected chi connectivity index (χ4v) is 5.78. The van der Waals surface area contributed by atoms with E-state index in [1.807, 2.05) is 30.9 Å². The zero-order valence-corrected chi connectivity index (χ0v) is 24.3. The second kappa shape index (κ2) is 12.8. The first-order valence-electron chi connectivity index (χ1n) is 12.3. The number of benzene rings is 2. The van der Waals surface area contributed by atoms with Crippen LogP contribution in [0.1, 0.15) is 47.7 Å². The van der Waals surface area contributed by atoms with Crippen molar-refractivity contribution in [3.63, 3.8) is 0 Å². The topological polar surface area (TPSA) is 88.2 Å². The number of halogens is 1. The Morgan fingerprint density at radius 3 is 2.53 bits per heavy atom. The van der Waals surface area contributed by atoms with Crippen molar-refractivity contribution in [3.05, 3.63) is 62.5 Å². The van der Waals surface area contributed by atoms with Crippen LogP contribution in [0.4, 0.5) is 0 Å². The molecule has 0 bridgehead atoms. The molecule has 38 heavy (non-hydrogen) atoms. The molecule has 3 amide bonds. The van der Waals surface area contributed by atoms with Crippen LogP contribution in [0.3, 0.4) is 0 Å². The van der Waals surface area contributed by atoms with Gasteiger partial charge in [0.05, 0.1) is 16.0 Å². The molecule has 2 heterocycles. The standard InChI is InChI=1S/C27H28BrN3O5S2/c1-3-35-21-14-18(13-20(28)24(21)36-16-23(32)30-11-5-4-6-12-30)15-22-26(34)31(27(37)38-22)29-25(33)19-9-7-17(2)8-10-19/h7-10,13-15H,3-6,11-12,16H2,1-2H3,(H,29,33)/b22-15+. The third-order valence-electron chi connectivity index (χ3n) is 6.00. The van der Waals surface area contributed by atoms with Crippen molar-refractivity contribution in [1.29, 1.82) is 0 Å². The van der Waals surface area contributed by atoms with E-state index >= 15 is 0 Å². The maximum Gasteiger partial charge on any atom is 0.285 e. The van der Waals surface area contributed by atoms with Crippen LogP contribution in [-0.2, 0) is 9.59 Å². The molecule has 2 saturated heterocycles. The Kier molecular flexibility index (Phi) is 9.45. The van der Waals surface area contributed by atoms with Crippen molar-refractivity contribution in [2.45, 2.75) is 33.1 Å². The van der Waals surface area contributed by atoms with Crippen LogP contribution in [0, 0.1) is 6.92 Å². The molecule has 2 aliphatic rings. The van der Waals surface area contributed by atoms with Crippen molar-refractivity contribution in [3.8, 4) is 11.5 Å². The summed E-state index contributed by atoms with van der Waals surface area (Å²) in [4.78, 5) is 40.4. The Balaban J connectivity index is 1.48. The Labute approximate surface area is 239 Å². The maximum absolute atomic E-state index is 13.1. The third kappa shape index (κ3) is 6.75. The van der Waals surface area contributed by atoms with Crippen LogP contribution in [0.2, 0.25) is 0 Å². The molecule has 0 spiro atoms. The summed E-state index contributed by atoms with van der Waals surface area (Å²) in [6.45, 7) is 5.59. The summed E-state index contributed by atoms with van der Waals surface area (Å²) < 4.78 is 12.5. The number of carbonyl (C=O) groups excluding carboxylic acids is 3. The lowest BCUT2D eigenvalue weighted by molar-refractivity contribution is -0.134. The number of thiocarbonyl (C=S) groups is 1. The first-order valence-corrected chi connectivity index (χ1v) is 14.3. The van der Waals surface area contributed by atoms with E-state index in [1.165, 1.54) is 0 Å². The Hall–Kier alpha value is -2.89. The second-order valence-electron chi connectivity index (χ2n) is 8.82. The van der Waals surface area contributed by atoms with Crippen LogP contribution >= 0.6 is 39.9 Å². The number of hydrogen-bond donors (Lipinski definition) is 1. The molecule has 2 aromatic carbocycles. The molecule has 200 valence electrons. The molecular formula is C27H28BrN3O5S2. The molecule has 11 heteroatoms. The number of aryl methyl sites for hydroxylation is 1. The molecule has 2 aliphatic heterocycles. The lowest BCUT2D eigenvalue weighted by Gasteiger charge is -2.26. The highest BCUT2D eigenvalue weighted by molar-refractivity contribution is 9.10. The van der Waals surface area contributed by atoms with Gasteiger partial charge in [0, 0.05) is 18.7 Å². The predicted molar refractivity (Wildman–Crippen MR) is 155 cm³/mol. The zero-order valence-electron chi connectivity index (χ0n) is 21.1. The summed E-state index contributed by atoms with van der Waals surface area (Å²) >= 11 is 9.96. The van der Waals surface area contributed by atoms with Crippen molar-refractivity contribution >= 4 is 68.0 Å². The van der Waals surface area contributed by atoms with Gasteiger partial charge in [0.1, 0.15) is 0 Å². The summed E-state index contributed by atoms with van der Waals surface area (Å²) in [5, 5.41) is 1.08. The van der Waals surface area contributed by atoms with E-state index in [9.17, 15) is 14.4 Å². The molecule has 8 nitrogen and oxygen atoms in total. The molecule has 4 rings (SSSR count). The monoisotopic (exact) mass is 617 g/mol. The predicted octanol–water partition coefficient (Wildman–Crippen LogP) is 5.09. The maximum atomic E-state index is 13.1. The van der Waals surface area contributed by atoms with Crippen molar-refractivity contribution in [1.82, 2.24) is 15.3 Å². The number of carbonyl (C=O) groups is 3. The summed E-state index contributed by atoms with van der Waals surface area (Å²) in [5.41, 5.74) is 4.71. The highest BCUT2D eigenvalue weighted by Gasteiger charge is 2.34. The number of nitrogens with one attached hydrogen (secondary N) is 1. The quantitative estimate of drug-likeness (QED) is 0.326. The number of rotatable bonds is 8. The first-order chi connectivity index (χ1) is 18.3. The summed E-state index contributed by atoms with van der Waals surface area (Å²) in [6.07, 6.45) is 4.84. The smallest absolute Gasteiger partial charge is 0.285 e. The number of amides is 3. The van der Waals surface area contributed by atoms with Crippen molar-refractivity contribution < 1.29 is 23.9 Å². The van der Waals surface area contributed by atoms with E-state index in [0.717, 1.165) is 54.7 Å². The number of piperidine rings is 1. The average Bonchev–Trinajstić information content (AvgIpc) is 3.16. The summed E-state index contributed by atoms with van der Waals surface area (Å²) in [7, 11) is 0. The van der Waals surface area contributed by atoms with E-state index in [-0.39, 0.29) is 16.8 Å². The van der Waals surface area contributed by atoms with E-state index in [0.29, 0.717) is 38.6 Å². The van der Waals surface area contributed by atoms with Crippen LogP contribution in [0.15, 0.2) is 45.8 Å². The van der Waals surface area contributed by atoms with E-state index in [2.05, 4.69) is 21.4 Å². The summed E-state index contributed by atoms with van der Waals surface area (Å²) in [5.74, 6) is -0.0407. The van der Waals surface area contributed by atoms with Gasteiger partial charge in [0.25, 0.3) is 17.7 Å². The number of ether oxygens (including phenoxy) is 2. The Bertz CT molecular complexity index is 1280. The van der Waals surface area contributed by atoms with Crippen LogP contribution in [0.25, 0.3) is 6.08 Å². The highest BCUT2D eigenvalue weighted by atomic mass is 79.9. The van der Waals surface area contributed by atoms with Crippen LogP contribution < -0.4 is 14.9 Å². The van der Waals surface area contributed by atoms with Gasteiger partial charge in [-0.2, -0.15) is 5.01 Å². The van der Waals surface area contributed by atoms with Gasteiger partial charge < -0.3 is 14.4 Å². The normalized spacial score (nSPS) is 16.7. The lowest BCUT2D eigenvalue weighted by atomic mass is 10.1. The lowest BCUT2D eigenvalue weighted by Crippen LogP contribution is -2.44. The zero-order chi connectivity index (χ0) is 27.2. The minimum atomic E-state index is -0.429. The van der Waals surface area contributed by atoms with Gasteiger partial charge in [-0.1, -0.05) is 29.5 Å². The van der Waals surface area contributed by atoms with E-state index < -0.39 is 11.8 Å². The molecule has 2 aromatic rings. The van der Waals surface area contributed by atoms with Gasteiger partial charge in [0.15, 0.2) is 22.4 Å². The Morgan fingerprint density at radius 1 is 1.13 bits per heavy atom. The van der Waals surface area contributed by atoms with Gasteiger partial charge in [-0.3, -0.25) is 19.8 Å². The first kappa shape index (κ1) is 28.1. The van der Waals surface area contributed by atoms with Crippen LogP contribution in [-0.4, -0.2) is 58.3 Å².